The van der Waals surface area contributed by atoms with Gasteiger partial charge in [0.1, 0.15) is 0 Å². The molecule has 1 unspecified atom stereocenters. The average molecular weight is 349 g/mol. The van der Waals surface area contributed by atoms with Gasteiger partial charge in [-0.15, -0.1) is 0 Å². The molecule has 1 fully saturated rings. The van der Waals surface area contributed by atoms with E-state index in [2.05, 4.69) is 41.1 Å². The van der Waals surface area contributed by atoms with Gasteiger partial charge in [0.15, 0.2) is 0 Å². The van der Waals surface area contributed by atoms with Gasteiger partial charge in [0.2, 0.25) is 0 Å². The summed E-state index contributed by atoms with van der Waals surface area (Å²) in [6, 6.07) is 8.32. The molecule has 0 nitrogen and oxygen atoms in total. The smallest absolute Gasteiger partial charge is 0.171 e. The number of alkyl halides is 4. The molecule has 4 heteroatoms. The van der Waals surface area contributed by atoms with Gasteiger partial charge in [-0.1, -0.05) is 45.8 Å². The predicted molar refractivity (Wildman–Crippen MR) is 79.1 cm³/mol. The summed E-state index contributed by atoms with van der Waals surface area (Å²) in [6.45, 7) is 2.06. The van der Waals surface area contributed by atoms with Crippen LogP contribution in [0.3, 0.4) is 0 Å². The second-order valence-corrected chi connectivity index (χ2v) is 7.04. The number of halogens is 4. The summed E-state index contributed by atoms with van der Waals surface area (Å²) in [4.78, 5) is 0.276. The van der Waals surface area contributed by atoms with Crippen LogP contribution in [-0.2, 0) is 6.42 Å². The van der Waals surface area contributed by atoms with Gasteiger partial charge in [0.25, 0.3) is 0 Å². The Morgan fingerprint density at radius 2 is 1.85 bits per heavy atom. The second-order valence-electron chi connectivity index (χ2n) is 5.86. The third-order valence-corrected chi connectivity index (χ3v) is 5.33. The van der Waals surface area contributed by atoms with Gasteiger partial charge < -0.3 is 0 Å². The van der Waals surface area contributed by atoms with Gasteiger partial charge in [-0.05, 0) is 50.5 Å². The molecule has 0 radical (unpaired) electrons. The summed E-state index contributed by atoms with van der Waals surface area (Å²) in [7, 11) is 0. The van der Waals surface area contributed by atoms with Crippen molar-refractivity contribution in [3.8, 4) is 0 Å². The highest BCUT2D eigenvalue weighted by Gasteiger charge is 2.42. The largest absolute Gasteiger partial charge is 0.391 e. The third-order valence-electron chi connectivity index (χ3n) is 4.26. The maximum absolute atomic E-state index is 12.6. The van der Waals surface area contributed by atoms with E-state index < -0.39 is 12.1 Å². The molecule has 1 atom stereocenters. The maximum atomic E-state index is 12.6. The van der Waals surface area contributed by atoms with Crippen molar-refractivity contribution in [1.29, 1.82) is 0 Å². The molecule has 0 N–H and O–H groups in total. The van der Waals surface area contributed by atoms with Crippen molar-refractivity contribution in [3.05, 3.63) is 35.4 Å². The van der Waals surface area contributed by atoms with Crippen LogP contribution < -0.4 is 0 Å². The van der Waals surface area contributed by atoms with E-state index in [0.29, 0.717) is 18.8 Å². The van der Waals surface area contributed by atoms with E-state index in [4.69, 9.17) is 0 Å². The summed E-state index contributed by atoms with van der Waals surface area (Å²) in [5.41, 5.74) is 2.48. The minimum Gasteiger partial charge on any atom is -0.171 e. The summed E-state index contributed by atoms with van der Waals surface area (Å²) >= 11 is 3.69. The monoisotopic (exact) mass is 348 g/mol. The van der Waals surface area contributed by atoms with Crippen molar-refractivity contribution < 1.29 is 13.2 Å². The zero-order valence-electron chi connectivity index (χ0n) is 11.6. The fourth-order valence-electron chi connectivity index (χ4n) is 3.04. The van der Waals surface area contributed by atoms with Crippen LogP contribution in [0, 0.1) is 18.8 Å². The SMILES string of the molecule is Cc1cccc(CC(Br)C2CCC(C(F)(F)F)CC2)c1. The van der Waals surface area contributed by atoms with Crippen molar-refractivity contribution in [2.45, 2.75) is 50.0 Å². The van der Waals surface area contributed by atoms with E-state index in [-0.39, 0.29) is 17.7 Å². The van der Waals surface area contributed by atoms with Crippen LogP contribution in [-0.4, -0.2) is 11.0 Å². The van der Waals surface area contributed by atoms with E-state index in [1.807, 2.05) is 6.07 Å². The number of rotatable bonds is 3. The topological polar surface area (TPSA) is 0 Å². The number of aryl methyl sites for hydroxylation is 1. The Labute approximate surface area is 126 Å². The third kappa shape index (κ3) is 4.24. The molecule has 112 valence electrons. The molecule has 1 saturated carbocycles. The van der Waals surface area contributed by atoms with E-state index >= 15 is 0 Å². The van der Waals surface area contributed by atoms with Gasteiger partial charge in [-0.3, -0.25) is 0 Å². The molecule has 0 bridgehead atoms. The highest BCUT2D eigenvalue weighted by Crippen LogP contribution is 2.42. The normalized spacial score (nSPS) is 25.4. The lowest BCUT2D eigenvalue weighted by Gasteiger charge is -2.32. The molecule has 1 aliphatic rings. The summed E-state index contributed by atoms with van der Waals surface area (Å²) < 4.78 is 37.9. The van der Waals surface area contributed by atoms with Crippen LogP contribution >= 0.6 is 15.9 Å². The van der Waals surface area contributed by atoms with Crippen molar-refractivity contribution in [3.63, 3.8) is 0 Å². The highest BCUT2D eigenvalue weighted by atomic mass is 79.9. The Kier molecular flexibility index (Phi) is 5.16. The first kappa shape index (κ1) is 15.9. The van der Waals surface area contributed by atoms with E-state index in [1.54, 1.807) is 0 Å². The molecule has 0 heterocycles. The van der Waals surface area contributed by atoms with Gasteiger partial charge >= 0.3 is 6.18 Å². The molecule has 20 heavy (non-hydrogen) atoms. The van der Waals surface area contributed by atoms with Crippen molar-refractivity contribution >= 4 is 15.9 Å². The van der Waals surface area contributed by atoms with Crippen molar-refractivity contribution in [2.75, 3.05) is 0 Å². The Morgan fingerprint density at radius 1 is 1.20 bits per heavy atom. The molecule has 0 aliphatic heterocycles. The van der Waals surface area contributed by atoms with Gasteiger partial charge in [0, 0.05) is 4.83 Å². The first-order chi connectivity index (χ1) is 9.36. The first-order valence-corrected chi connectivity index (χ1v) is 8.04. The van der Waals surface area contributed by atoms with E-state index in [0.717, 1.165) is 6.42 Å². The summed E-state index contributed by atoms with van der Waals surface area (Å²) in [5.74, 6) is -0.730. The van der Waals surface area contributed by atoms with E-state index in [1.165, 1.54) is 11.1 Å². The van der Waals surface area contributed by atoms with Gasteiger partial charge in [0.05, 0.1) is 5.92 Å². The van der Waals surface area contributed by atoms with Crippen LogP contribution in [0.1, 0.15) is 36.8 Å². The predicted octanol–water partition coefficient (Wildman–Crippen LogP) is 5.67. The van der Waals surface area contributed by atoms with Crippen LogP contribution in [0.2, 0.25) is 0 Å². The average Bonchev–Trinajstić information content (AvgIpc) is 2.38. The Morgan fingerprint density at radius 3 is 2.40 bits per heavy atom. The molecular weight excluding hydrogens is 329 g/mol. The molecule has 0 saturated heterocycles. The molecule has 0 amide bonds. The molecule has 1 aromatic carbocycles. The minimum absolute atomic E-state index is 0.276. The lowest BCUT2D eigenvalue weighted by molar-refractivity contribution is -0.183. The number of hydrogen-bond donors (Lipinski definition) is 0. The Balaban J connectivity index is 1.87. The highest BCUT2D eigenvalue weighted by molar-refractivity contribution is 9.09. The van der Waals surface area contributed by atoms with Crippen LogP contribution in [0.4, 0.5) is 13.2 Å². The standard InChI is InChI=1S/C16H20BrF3/c1-11-3-2-4-12(9-11)10-15(17)13-5-7-14(8-6-13)16(18,19)20/h2-4,9,13-15H,5-8,10H2,1H3. The van der Waals surface area contributed by atoms with Gasteiger partial charge in [-0.25, -0.2) is 0 Å². The number of hydrogen-bond acceptors (Lipinski definition) is 0. The van der Waals surface area contributed by atoms with Crippen LogP contribution in [0.25, 0.3) is 0 Å². The zero-order valence-corrected chi connectivity index (χ0v) is 13.2. The molecular formula is C16H20BrF3. The van der Waals surface area contributed by atoms with Crippen LogP contribution in [0.15, 0.2) is 24.3 Å². The van der Waals surface area contributed by atoms with Crippen LogP contribution in [0.5, 0.6) is 0 Å². The van der Waals surface area contributed by atoms with Gasteiger partial charge in [-0.2, -0.15) is 13.2 Å². The fraction of sp³-hybridized carbons (Fsp3) is 0.625. The second kappa shape index (κ2) is 6.50. The Hall–Kier alpha value is -0.510. The zero-order chi connectivity index (χ0) is 14.8. The molecule has 1 aliphatic carbocycles. The van der Waals surface area contributed by atoms with Crippen molar-refractivity contribution in [1.82, 2.24) is 0 Å². The number of benzene rings is 1. The van der Waals surface area contributed by atoms with Crippen molar-refractivity contribution in [2.24, 2.45) is 11.8 Å². The first-order valence-electron chi connectivity index (χ1n) is 7.12. The molecule has 2 rings (SSSR count). The Bertz CT molecular complexity index is 434. The molecule has 0 aromatic heterocycles. The lowest BCUT2D eigenvalue weighted by Crippen LogP contribution is -2.30. The summed E-state index contributed by atoms with van der Waals surface area (Å²) in [5, 5.41) is 0. The molecule has 0 spiro atoms. The molecule has 1 aromatic rings. The maximum Gasteiger partial charge on any atom is 0.391 e. The lowest BCUT2D eigenvalue weighted by atomic mass is 9.79. The quantitative estimate of drug-likeness (QED) is 0.617. The fourth-order valence-corrected chi connectivity index (χ4v) is 3.94. The van der Waals surface area contributed by atoms with E-state index in [9.17, 15) is 13.2 Å². The minimum atomic E-state index is -4.01. The summed E-state index contributed by atoms with van der Waals surface area (Å²) in [6.07, 6.45) is -1.21.